The lowest BCUT2D eigenvalue weighted by atomic mass is 10.1. The van der Waals surface area contributed by atoms with Crippen molar-refractivity contribution in [3.63, 3.8) is 0 Å². The maximum atomic E-state index is 13.4. The van der Waals surface area contributed by atoms with Gasteiger partial charge in [-0.3, -0.25) is 19.7 Å². The number of rotatable bonds is 4. The Balaban J connectivity index is 2.29. The van der Waals surface area contributed by atoms with Crippen LogP contribution >= 0.6 is 11.6 Å². The fourth-order valence-electron chi connectivity index (χ4n) is 1.93. The monoisotopic (exact) mass is 351 g/mol. The van der Waals surface area contributed by atoms with Gasteiger partial charge in [0.1, 0.15) is 0 Å². The van der Waals surface area contributed by atoms with Gasteiger partial charge in [-0.2, -0.15) is 4.39 Å². The molecule has 9 heteroatoms. The summed E-state index contributed by atoms with van der Waals surface area (Å²) in [6.45, 7) is 1.34. The Bertz CT molecular complexity index is 841. The number of benzene rings is 2. The van der Waals surface area contributed by atoms with Gasteiger partial charge in [0.05, 0.1) is 15.5 Å². The summed E-state index contributed by atoms with van der Waals surface area (Å²) in [5.41, 5.74) is -0.308. The first kappa shape index (κ1) is 17.4. The molecule has 0 spiro atoms. The van der Waals surface area contributed by atoms with Crippen LogP contribution in [-0.2, 0) is 4.79 Å². The van der Waals surface area contributed by atoms with E-state index < -0.39 is 22.3 Å². The van der Waals surface area contributed by atoms with Crippen molar-refractivity contribution in [2.45, 2.75) is 6.92 Å². The number of nitrogens with one attached hydrogen (secondary N) is 2. The smallest absolute Gasteiger partial charge is 0.305 e. The number of carbonyl (C=O) groups excluding carboxylic acids is 2. The number of halogens is 2. The first-order chi connectivity index (χ1) is 11.3. The summed E-state index contributed by atoms with van der Waals surface area (Å²) in [5.74, 6) is -2.16. The van der Waals surface area contributed by atoms with E-state index in [1.807, 2.05) is 0 Å². The second kappa shape index (κ2) is 7.05. The van der Waals surface area contributed by atoms with Gasteiger partial charge in [-0.25, -0.2) is 0 Å². The molecule has 2 N–H and O–H groups in total. The quantitative estimate of drug-likeness (QED) is 0.649. The summed E-state index contributed by atoms with van der Waals surface area (Å²) in [5, 5.41) is 15.5. The first-order valence-electron chi connectivity index (χ1n) is 6.60. The molecule has 0 unspecified atom stereocenters. The molecule has 0 aliphatic carbocycles. The van der Waals surface area contributed by atoms with Crippen molar-refractivity contribution in [2.24, 2.45) is 0 Å². The Morgan fingerprint density at radius 2 is 1.79 bits per heavy atom. The van der Waals surface area contributed by atoms with Crippen LogP contribution in [0.25, 0.3) is 0 Å². The molecule has 2 amide bonds. The van der Waals surface area contributed by atoms with E-state index in [1.165, 1.54) is 13.0 Å². The third-order valence-electron chi connectivity index (χ3n) is 2.92. The number of hydrogen-bond donors (Lipinski definition) is 2. The molecule has 0 saturated carbocycles. The van der Waals surface area contributed by atoms with Crippen LogP contribution in [-0.4, -0.2) is 16.7 Å². The standard InChI is InChI=1S/C15H11ClFN3O4/c1-8(21)18-9-3-2-4-10(5-9)19-15(22)11-6-14(20(23)24)13(17)7-12(11)16/h2-7H,1H3,(H,18,21)(H,19,22). The number of carbonyl (C=O) groups is 2. The van der Waals surface area contributed by atoms with E-state index in [9.17, 15) is 24.1 Å². The van der Waals surface area contributed by atoms with E-state index in [4.69, 9.17) is 11.6 Å². The van der Waals surface area contributed by atoms with E-state index in [0.717, 1.165) is 6.07 Å². The Morgan fingerprint density at radius 3 is 2.38 bits per heavy atom. The lowest BCUT2D eigenvalue weighted by Crippen LogP contribution is -2.14. The van der Waals surface area contributed by atoms with E-state index in [0.29, 0.717) is 17.4 Å². The minimum Gasteiger partial charge on any atom is -0.326 e. The van der Waals surface area contributed by atoms with Crippen molar-refractivity contribution in [1.29, 1.82) is 0 Å². The molecule has 0 aromatic heterocycles. The summed E-state index contributed by atoms with van der Waals surface area (Å²) in [6, 6.07) is 7.73. The number of hydrogen-bond acceptors (Lipinski definition) is 4. The van der Waals surface area contributed by atoms with Gasteiger partial charge in [0.25, 0.3) is 5.91 Å². The van der Waals surface area contributed by atoms with Gasteiger partial charge in [0.2, 0.25) is 11.7 Å². The third kappa shape index (κ3) is 4.05. The Labute approximate surface area is 140 Å². The zero-order valence-corrected chi connectivity index (χ0v) is 13.1. The van der Waals surface area contributed by atoms with Gasteiger partial charge >= 0.3 is 5.69 Å². The lowest BCUT2D eigenvalue weighted by molar-refractivity contribution is -0.387. The molecule has 124 valence electrons. The molecule has 0 bridgehead atoms. The SMILES string of the molecule is CC(=O)Nc1cccc(NC(=O)c2cc([N+](=O)[O-])c(F)cc2Cl)c1. The average molecular weight is 352 g/mol. The maximum Gasteiger partial charge on any atom is 0.305 e. The molecular formula is C15H11ClFN3O4. The fraction of sp³-hybridized carbons (Fsp3) is 0.0667. The highest BCUT2D eigenvalue weighted by atomic mass is 35.5. The zero-order valence-electron chi connectivity index (χ0n) is 12.3. The zero-order chi connectivity index (χ0) is 17.9. The molecule has 0 aliphatic heterocycles. The number of nitrogens with zero attached hydrogens (tertiary/aromatic N) is 1. The first-order valence-corrected chi connectivity index (χ1v) is 6.98. The molecular weight excluding hydrogens is 341 g/mol. The van der Waals surface area contributed by atoms with Crippen molar-refractivity contribution >= 4 is 40.5 Å². The van der Waals surface area contributed by atoms with E-state index in [-0.39, 0.29) is 16.5 Å². The van der Waals surface area contributed by atoms with Crippen LogP contribution in [0.5, 0.6) is 0 Å². The van der Waals surface area contributed by atoms with Crippen LogP contribution in [0.1, 0.15) is 17.3 Å². The van der Waals surface area contributed by atoms with Crippen LogP contribution in [0.15, 0.2) is 36.4 Å². The van der Waals surface area contributed by atoms with Crippen LogP contribution < -0.4 is 10.6 Å². The lowest BCUT2D eigenvalue weighted by Gasteiger charge is -2.09. The second-order valence-corrected chi connectivity index (χ2v) is 5.16. The van der Waals surface area contributed by atoms with E-state index in [1.54, 1.807) is 18.2 Å². The molecule has 0 fully saturated rings. The van der Waals surface area contributed by atoms with Crippen LogP contribution in [0.2, 0.25) is 5.02 Å². The van der Waals surface area contributed by atoms with Gasteiger partial charge in [-0.05, 0) is 18.2 Å². The summed E-state index contributed by atoms with van der Waals surface area (Å²) < 4.78 is 13.4. The van der Waals surface area contributed by atoms with E-state index in [2.05, 4.69) is 10.6 Å². The van der Waals surface area contributed by atoms with E-state index >= 15 is 0 Å². The van der Waals surface area contributed by atoms with Crippen molar-refractivity contribution < 1.29 is 18.9 Å². The molecule has 0 radical (unpaired) electrons. The predicted molar refractivity (Wildman–Crippen MR) is 86.8 cm³/mol. The summed E-state index contributed by atoms with van der Waals surface area (Å²) >= 11 is 5.79. The van der Waals surface area contributed by atoms with Gasteiger partial charge in [0.15, 0.2) is 0 Å². The fourth-order valence-corrected chi connectivity index (χ4v) is 2.16. The topological polar surface area (TPSA) is 101 Å². The molecule has 24 heavy (non-hydrogen) atoms. The molecule has 2 aromatic rings. The Kier molecular flexibility index (Phi) is 5.10. The van der Waals surface area contributed by atoms with Crippen molar-refractivity contribution in [2.75, 3.05) is 10.6 Å². The summed E-state index contributed by atoms with van der Waals surface area (Å²) in [7, 11) is 0. The van der Waals surface area contributed by atoms with Gasteiger partial charge in [0, 0.05) is 30.4 Å². The molecule has 7 nitrogen and oxygen atoms in total. The average Bonchev–Trinajstić information content (AvgIpc) is 2.46. The largest absolute Gasteiger partial charge is 0.326 e. The van der Waals surface area contributed by atoms with Crippen molar-refractivity contribution in [3.05, 3.63) is 62.9 Å². The number of nitro groups is 1. The minimum atomic E-state index is -1.13. The van der Waals surface area contributed by atoms with Crippen LogP contribution in [0, 0.1) is 15.9 Å². The highest BCUT2D eigenvalue weighted by Gasteiger charge is 2.21. The highest BCUT2D eigenvalue weighted by molar-refractivity contribution is 6.34. The molecule has 0 saturated heterocycles. The Hall–Kier alpha value is -3.00. The molecule has 2 rings (SSSR count). The Morgan fingerprint density at radius 1 is 1.17 bits per heavy atom. The molecule has 0 aliphatic rings. The molecule has 0 atom stereocenters. The predicted octanol–water partition coefficient (Wildman–Crippen LogP) is 3.60. The normalized spacial score (nSPS) is 10.1. The minimum absolute atomic E-state index is 0.241. The highest BCUT2D eigenvalue weighted by Crippen LogP contribution is 2.27. The summed E-state index contributed by atoms with van der Waals surface area (Å²) in [4.78, 5) is 33.1. The third-order valence-corrected chi connectivity index (χ3v) is 3.23. The molecule has 2 aromatic carbocycles. The van der Waals surface area contributed by atoms with Gasteiger partial charge in [-0.1, -0.05) is 17.7 Å². The number of amides is 2. The van der Waals surface area contributed by atoms with Gasteiger partial charge in [-0.15, -0.1) is 0 Å². The number of anilines is 2. The van der Waals surface area contributed by atoms with Crippen molar-refractivity contribution in [1.82, 2.24) is 0 Å². The van der Waals surface area contributed by atoms with Crippen molar-refractivity contribution in [3.8, 4) is 0 Å². The maximum absolute atomic E-state index is 13.4. The molecule has 0 heterocycles. The number of nitro benzene ring substituents is 1. The summed E-state index contributed by atoms with van der Waals surface area (Å²) in [6.07, 6.45) is 0. The van der Waals surface area contributed by atoms with Crippen LogP contribution in [0.3, 0.4) is 0 Å². The second-order valence-electron chi connectivity index (χ2n) is 4.76. The van der Waals surface area contributed by atoms with Gasteiger partial charge < -0.3 is 10.6 Å². The van der Waals surface area contributed by atoms with Crippen LogP contribution in [0.4, 0.5) is 21.5 Å².